The van der Waals surface area contributed by atoms with Crippen LogP contribution in [-0.2, 0) is 11.3 Å². The Bertz CT molecular complexity index is 510. The van der Waals surface area contributed by atoms with E-state index in [0.717, 1.165) is 38.4 Å². The van der Waals surface area contributed by atoms with Gasteiger partial charge in [0.1, 0.15) is 0 Å². The third kappa shape index (κ3) is 2.01. The number of tetrazole rings is 1. The molecule has 0 bridgehead atoms. The summed E-state index contributed by atoms with van der Waals surface area (Å²) >= 11 is 0. The van der Waals surface area contributed by atoms with Crippen LogP contribution in [0.3, 0.4) is 0 Å². The fourth-order valence-corrected chi connectivity index (χ4v) is 3.32. The highest BCUT2D eigenvalue weighted by atomic mass is 16.1. The van der Waals surface area contributed by atoms with Crippen LogP contribution in [0, 0.1) is 5.41 Å². The van der Waals surface area contributed by atoms with Gasteiger partial charge in [0, 0.05) is 24.9 Å². The van der Waals surface area contributed by atoms with E-state index in [4.69, 9.17) is 0 Å². The standard InChI is InChI=1S/C12H18N6O/c19-11-5-12(7-13-11)3-4-17(8-12)6-10-14-15-16-18(10)9-1-2-9/h9H,1-8H2,(H,13,19). The van der Waals surface area contributed by atoms with Gasteiger partial charge in [0.05, 0.1) is 12.6 Å². The first kappa shape index (κ1) is 11.3. The Hall–Kier alpha value is -1.50. The van der Waals surface area contributed by atoms with Gasteiger partial charge in [-0.1, -0.05) is 0 Å². The maximum atomic E-state index is 11.4. The predicted molar refractivity (Wildman–Crippen MR) is 66.0 cm³/mol. The number of likely N-dealkylation sites (tertiary alicyclic amines) is 1. The van der Waals surface area contributed by atoms with Crippen LogP contribution in [0.5, 0.6) is 0 Å². The summed E-state index contributed by atoms with van der Waals surface area (Å²) < 4.78 is 1.98. The molecule has 1 spiro atoms. The summed E-state index contributed by atoms with van der Waals surface area (Å²) in [6, 6.07) is 0.524. The van der Waals surface area contributed by atoms with Gasteiger partial charge in [0.2, 0.25) is 5.91 Å². The molecule has 1 amide bonds. The molecular formula is C12H18N6O. The third-order valence-electron chi connectivity index (χ3n) is 4.53. The second kappa shape index (κ2) is 4.00. The lowest BCUT2D eigenvalue weighted by molar-refractivity contribution is -0.119. The lowest BCUT2D eigenvalue weighted by Gasteiger charge is -2.21. The maximum absolute atomic E-state index is 11.4. The third-order valence-corrected chi connectivity index (χ3v) is 4.53. The SMILES string of the molecule is O=C1CC2(CCN(Cc3nnnn3C3CC3)C2)CN1. The topological polar surface area (TPSA) is 75.9 Å². The first-order valence-corrected chi connectivity index (χ1v) is 7.00. The minimum atomic E-state index is 0.162. The molecule has 2 aliphatic heterocycles. The van der Waals surface area contributed by atoms with Crippen molar-refractivity contribution in [3.8, 4) is 0 Å². The van der Waals surface area contributed by atoms with Gasteiger partial charge in [-0.05, 0) is 36.2 Å². The van der Waals surface area contributed by atoms with Gasteiger partial charge in [-0.25, -0.2) is 4.68 Å². The molecule has 19 heavy (non-hydrogen) atoms. The maximum Gasteiger partial charge on any atom is 0.220 e. The van der Waals surface area contributed by atoms with Crippen molar-refractivity contribution in [1.29, 1.82) is 0 Å². The van der Waals surface area contributed by atoms with Crippen LogP contribution >= 0.6 is 0 Å². The van der Waals surface area contributed by atoms with Gasteiger partial charge in [-0.3, -0.25) is 9.69 Å². The Morgan fingerprint density at radius 3 is 3.05 bits per heavy atom. The molecule has 3 aliphatic rings. The van der Waals surface area contributed by atoms with Crippen molar-refractivity contribution in [2.75, 3.05) is 19.6 Å². The lowest BCUT2D eigenvalue weighted by Crippen LogP contribution is -2.29. The largest absolute Gasteiger partial charge is 0.355 e. The summed E-state index contributed by atoms with van der Waals surface area (Å²) in [6.45, 7) is 3.64. The van der Waals surface area contributed by atoms with Gasteiger partial charge in [-0.2, -0.15) is 0 Å². The summed E-state index contributed by atoms with van der Waals surface area (Å²) in [5.41, 5.74) is 0.162. The van der Waals surface area contributed by atoms with Crippen LogP contribution in [-0.4, -0.2) is 50.6 Å². The van der Waals surface area contributed by atoms with Crippen molar-refractivity contribution < 1.29 is 4.79 Å². The first-order valence-electron chi connectivity index (χ1n) is 7.00. The average Bonchev–Trinajstić information content (AvgIpc) is 2.84. The minimum Gasteiger partial charge on any atom is -0.355 e. The van der Waals surface area contributed by atoms with E-state index in [1.807, 2.05) is 4.68 Å². The molecule has 4 rings (SSSR count). The van der Waals surface area contributed by atoms with Crippen molar-refractivity contribution in [3.63, 3.8) is 0 Å². The quantitative estimate of drug-likeness (QED) is 0.811. The van der Waals surface area contributed by atoms with Gasteiger partial charge in [-0.15, -0.1) is 5.10 Å². The summed E-state index contributed by atoms with van der Waals surface area (Å²) in [6.07, 6.45) is 4.16. The minimum absolute atomic E-state index is 0.162. The molecule has 1 aromatic heterocycles. The summed E-state index contributed by atoms with van der Waals surface area (Å²) in [4.78, 5) is 13.8. The van der Waals surface area contributed by atoms with E-state index < -0.39 is 0 Å². The van der Waals surface area contributed by atoms with Gasteiger partial charge in [0.25, 0.3) is 0 Å². The van der Waals surface area contributed by atoms with Crippen LogP contribution < -0.4 is 5.32 Å². The number of amides is 1. The lowest BCUT2D eigenvalue weighted by atomic mass is 9.86. The predicted octanol–water partition coefficient (Wildman–Crippen LogP) is -0.280. The molecule has 1 unspecified atom stereocenters. The van der Waals surface area contributed by atoms with E-state index in [-0.39, 0.29) is 11.3 Å². The average molecular weight is 262 g/mol. The normalized spacial score (nSPS) is 31.3. The molecule has 102 valence electrons. The zero-order valence-corrected chi connectivity index (χ0v) is 10.9. The van der Waals surface area contributed by atoms with Crippen LogP contribution in [0.15, 0.2) is 0 Å². The fourth-order valence-electron chi connectivity index (χ4n) is 3.32. The number of rotatable bonds is 3. The first-order chi connectivity index (χ1) is 9.24. The highest BCUT2D eigenvalue weighted by Gasteiger charge is 2.44. The fraction of sp³-hybridized carbons (Fsp3) is 0.833. The Kier molecular flexibility index (Phi) is 2.38. The van der Waals surface area contributed by atoms with E-state index in [2.05, 4.69) is 25.7 Å². The van der Waals surface area contributed by atoms with Crippen molar-refractivity contribution >= 4 is 5.91 Å². The highest BCUT2D eigenvalue weighted by Crippen LogP contribution is 2.38. The Morgan fingerprint density at radius 1 is 1.42 bits per heavy atom. The molecule has 7 heteroatoms. The van der Waals surface area contributed by atoms with Gasteiger partial charge < -0.3 is 5.32 Å². The number of aromatic nitrogens is 4. The van der Waals surface area contributed by atoms with Crippen LogP contribution in [0.1, 0.15) is 37.5 Å². The number of hydrogen-bond acceptors (Lipinski definition) is 5. The van der Waals surface area contributed by atoms with Crippen molar-refractivity contribution in [2.24, 2.45) is 5.41 Å². The van der Waals surface area contributed by atoms with Crippen LogP contribution in [0.4, 0.5) is 0 Å². The second-order valence-electron chi connectivity index (χ2n) is 6.19. The highest BCUT2D eigenvalue weighted by molar-refractivity contribution is 5.79. The molecule has 1 aromatic rings. The zero-order chi connectivity index (χ0) is 12.9. The van der Waals surface area contributed by atoms with Gasteiger partial charge >= 0.3 is 0 Å². The molecule has 2 saturated heterocycles. The van der Waals surface area contributed by atoms with Crippen molar-refractivity contribution in [1.82, 2.24) is 30.4 Å². The summed E-state index contributed by atoms with van der Waals surface area (Å²) in [5, 5.41) is 15.0. The number of nitrogens with zero attached hydrogens (tertiary/aromatic N) is 5. The van der Waals surface area contributed by atoms with E-state index in [1.165, 1.54) is 12.8 Å². The number of nitrogens with one attached hydrogen (secondary N) is 1. The molecule has 1 aliphatic carbocycles. The smallest absolute Gasteiger partial charge is 0.220 e. The molecule has 0 radical (unpaired) electrons. The molecule has 1 N–H and O–H groups in total. The molecule has 1 atom stereocenters. The van der Waals surface area contributed by atoms with E-state index in [9.17, 15) is 4.79 Å². The number of carbonyl (C=O) groups is 1. The molecule has 1 saturated carbocycles. The Morgan fingerprint density at radius 2 is 2.32 bits per heavy atom. The summed E-state index contributed by atoms with van der Waals surface area (Å²) in [7, 11) is 0. The van der Waals surface area contributed by atoms with Crippen LogP contribution in [0.2, 0.25) is 0 Å². The number of carbonyl (C=O) groups excluding carboxylic acids is 1. The molecular weight excluding hydrogens is 244 g/mol. The van der Waals surface area contributed by atoms with E-state index in [0.29, 0.717) is 12.5 Å². The van der Waals surface area contributed by atoms with Gasteiger partial charge in [0.15, 0.2) is 5.82 Å². The molecule has 3 heterocycles. The van der Waals surface area contributed by atoms with Crippen molar-refractivity contribution in [3.05, 3.63) is 5.82 Å². The summed E-state index contributed by atoms with van der Waals surface area (Å²) in [5.74, 6) is 1.17. The van der Waals surface area contributed by atoms with Crippen molar-refractivity contribution in [2.45, 2.75) is 38.3 Å². The molecule has 3 fully saturated rings. The molecule has 7 nitrogen and oxygen atoms in total. The van der Waals surface area contributed by atoms with E-state index in [1.54, 1.807) is 0 Å². The monoisotopic (exact) mass is 262 g/mol. The zero-order valence-electron chi connectivity index (χ0n) is 10.9. The van der Waals surface area contributed by atoms with E-state index >= 15 is 0 Å². The second-order valence-corrected chi connectivity index (χ2v) is 6.19. The molecule has 0 aromatic carbocycles. The van der Waals surface area contributed by atoms with Crippen LogP contribution in [0.25, 0.3) is 0 Å². The number of hydrogen-bond donors (Lipinski definition) is 1. The Labute approximate surface area is 111 Å². The Balaban J connectivity index is 1.44.